The van der Waals surface area contributed by atoms with E-state index in [1.54, 1.807) is 6.92 Å². The highest BCUT2D eigenvalue weighted by molar-refractivity contribution is 5.94. The quantitative estimate of drug-likeness (QED) is 0.475. The highest BCUT2D eigenvalue weighted by Gasteiger charge is 1.93. The third-order valence-electron chi connectivity index (χ3n) is 0.703. The van der Waals surface area contributed by atoms with Gasteiger partial charge in [-0.25, -0.2) is 0 Å². The van der Waals surface area contributed by atoms with Crippen LogP contribution in [0.4, 0.5) is 0 Å². The highest BCUT2D eigenvalue weighted by atomic mass is 16.1. The molecule has 39 valence electrons. The molecular weight excluding hydrogens is 88.1 g/mol. The lowest BCUT2D eigenvalue weighted by Crippen LogP contribution is -1.93. The molecule has 0 aliphatic rings. The van der Waals surface area contributed by atoms with E-state index >= 15 is 0 Å². The first-order valence-electron chi connectivity index (χ1n) is 2.16. The van der Waals surface area contributed by atoms with Gasteiger partial charge in [0.15, 0.2) is 5.78 Å². The minimum atomic E-state index is 0.0417. The second kappa shape index (κ2) is 2.56. The summed E-state index contributed by atoms with van der Waals surface area (Å²) in [6, 6.07) is 0. The number of rotatable bonds is 2. The fourth-order valence-corrected chi connectivity index (χ4v) is 0.213. The van der Waals surface area contributed by atoms with E-state index in [9.17, 15) is 4.79 Å². The van der Waals surface area contributed by atoms with Gasteiger partial charge in [0.1, 0.15) is 0 Å². The molecule has 0 bridgehead atoms. The van der Waals surface area contributed by atoms with E-state index in [1.807, 2.05) is 0 Å². The zero-order valence-corrected chi connectivity index (χ0v) is 4.53. The number of allylic oxidation sites excluding steroid dienone is 1. The summed E-state index contributed by atoms with van der Waals surface area (Å²) in [5.41, 5.74) is 0.593. The average molecular weight is 97.1 g/mol. The van der Waals surface area contributed by atoms with Gasteiger partial charge in [0.2, 0.25) is 0 Å². The summed E-state index contributed by atoms with van der Waals surface area (Å²) < 4.78 is 0. The van der Waals surface area contributed by atoms with Gasteiger partial charge in [-0.1, -0.05) is 6.58 Å². The van der Waals surface area contributed by atoms with Crippen molar-refractivity contribution in [1.82, 2.24) is 0 Å². The van der Waals surface area contributed by atoms with Gasteiger partial charge < -0.3 is 0 Å². The molecule has 0 amide bonds. The topological polar surface area (TPSA) is 17.1 Å². The summed E-state index contributed by atoms with van der Waals surface area (Å²) in [6.45, 7) is 8.52. The predicted octanol–water partition coefficient (Wildman–Crippen LogP) is 1.36. The van der Waals surface area contributed by atoms with E-state index in [1.165, 1.54) is 0 Å². The molecule has 1 radical (unpaired) electrons. The maximum Gasteiger partial charge on any atom is 0.157 e. The summed E-state index contributed by atoms with van der Waals surface area (Å²) in [7, 11) is 0. The second-order valence-electron chi connectivity index (χ2n) is 1.45. The molecule has 0 aromatic carbocycles. The van der Waals surface area contributed by atoms with Crippen molar-refractivity contribution < 1.29 is 4.79 Å². The van der Waals surface area contributed by atoms with Crippen molar-refractivity contribution in [1.29, 1.82) is 0 Å². The van der Waals surface area contributed by atoms with E-state index in [0.29, 0.717) is 12.0 Å². The standard InChI is InChI=1S/C6H9O/c1-4-6(7)5(2)3/h1-2,4H2,3H3. The van der Waals surface area contributed by atoms with E-state index in [-0.39, 0.29) is 5.78 Å². The van der Waals surface area contributed by atoms with Crippen LogP contribution in [-0.4, -0.2) is 5.78 Å². The molecule has 0 spiro atoms. The Labute approximate surface area is 44.0 Å². The van der Waals surface area contributed by atoms with Gasteiger partial charge in [-0.05, 0) is 19.4 Å². The zero-order valence-electron chi connectivity index (χ0n) is 4.53. The maximum absolute atomic E-state index is 10.3. The molecule has 7 heavy (non-hydrogen) atoms. The Bertz CT molecular complexity index is 92.4. The third kappa shape index (κ3) is 2.15. The molecule has 0 rings (SSSR count). The zero-order chi connectivity index (χ0) is 5.86. The minimum Gasteiger partial charge on any atom is -0.295 e. The average Bonchev–Trinajstić information content (AvgIpc) is 1.65. The molecule has 0 aromatic heterocycles. The highest BCUT2D eigenvalue weighted by Crippen LogP contribution is 1.91. The van der Waals surface area contributed by atoms with Crippen molar-refractivity contribution in [2.24, 2.45) is 0 Å². The van der Waals surface area contributed by atoms with E-state index in [4.69, 9.17) is 0 Å². The van der Waals surface area contributed by atoms with Crippen molar-refractivity contribution in [3.63, 3.8) is 0 Å². The van der Waals surface area contributed by atoms with Crippen LogP contribution in [0, 0.1) is 6.92 Å². The number of hydrogen-bond donors (Lipinski definition) is 0. The monoisotopic (exact) mass is 97.1 g/mol. The number of carbonyl (C=O) groups excluding carboxylic acids is 1. The summed E-state index contributed by atoms with van der Waals surface area (Å²) in [6.07, 6.45) is 0.329. The van der Waals surface area contributed by atoms with Crippen LogP contribution in [0.25, 0.3) is 0 Å². The lowest BCUT2D eigenvalue weighted by atomic mass is 10.2. The van der Waals surface area contributed by atoms with Crippen LogP contribution in [0.5, 0.6) is 0 Å². The molecule has 0 saturated heterocycles. The van der Waals surface area contributed by atoms with Crippen LogP contribution < -0.4 is 0 Å². The molecule has 0 aliphatic heterocycles. The van der Waals surface area contributed by atoms with Gasteiger partial charge in [-0.2, -0.15) is 0 Å². The Hall–Kier alpha value is -0.590. The predicted molar refractivity (Wildman–Crippen MR) is 29.8 cm³/mol. The van der Waals surface area contributed by atoms with Crippen molar-refractivity contribution in [2.45, 2.75) is 13.3 Å². The summed E-state index contributed by atoms with van der Waals surface area (Å²) in [5.74, 6) is 0.0417. The van der Waals surface area contributed by atoms with Gasteiger partial charge in [-0.15, -0.1) is 0 Å². The number of carbonyl (C=O) groups is 1. The first kappa shape index (κ1) is 6.41. The number of hydrogen-bond acceptors (Lipinski definition) is 1. The third-order valence-corrected chi connectivity index (χ3v) is 0.703. The summed E-state index contributed by atoms with van der Waals surface area (Å²) >= 11 is 0. The molecule has 0 fully saturated rings. The molecule has 1 nitrogen and oxygen atoms in total. The number of Topliss-reactive ketones (excluding diaryl/α,β-unsaturated/α-hetero) is 1. The maximum atomic E-state index is 10.3. The lowest BCUT2D eigenvalue weighted by Gasteiger charge is -1.87. The molecular formula is C6H9O. The first-order chi connectivity index (χ1) is 3.18. The summed E-state index contributed by atoms with van der Waals surface area (Å²) in [4.78, 5) is 10.3. The Morgan fingerprint density at radius 1 is 1.71 bits per heavy atom. The normalized spacial score (nSPS) is 8.29. The van der Waals surface area contributed by atoms with Crippen LogP contribution >= 0.6 is 0 Å². The molecule has 0 aliphatic carbocycles. The molecule has 1 heteroatoms. The fraction of sp³-hybridized carbons (Fsp3) is 0.333. The van der Waals surface area contributed by atoms with Crippen LogP contribution in [-0.2, 0) is 4.79 Å². The van der Waals surface area contributed by atoms with Crippen molar-refractivity contribution >= 4 is 5.78 Å². The molecule has 0 unspecified atom stereocenters. The SMILES string of the molecule is [CH2]CC(=O)C(=C)C. The molecule has 0 saturated carbocycles. The Kier molecular flexibility index (Phi) is 2.34. The minimum absolute atomic E-state index is 0.0417. The Balaban J connectivity index is 3.58. The van der Waals surface area contributed by atoms with Gasteiger partial charge in [0, 0.05) is 6.42 Å². The van der Waals surface area contributed by atoms with Crippen LogP contribution in [0.15, 0.2) is 12.2 Å². The first-order valence-corrected chi connectivity index (χ1v) is 2.16. The van der Waals surface area contributed by atoms with Crippen molar-refractivity contribution in [3.8, 4) is 0 Å². The van der Waals surface area contributed by atoms with E-state index < -0.39 is 0 Å². The smallest absolute Gasteiger partial charge is 0.157 e. The van der Waals surface area contributed by atoms with Gasteiger partial charge in [0.25, 0.3) is 0 Å². The van der Waals surface area contributed by atoms with Gasteiger partial charge in [0.05, 0.1) is 0 Å². The second-order valence-corrected chi connectivity index (χ2v) is 1.45. The fourth-order valence-electron chi connectivity index (χ4n) is 0.213. The molecule has 0 aromatic rings. The lowest BCUT2D eigenvalue weighted by molar-refractivity contribution is -0.114. The largest absolute Gasteiger partial charge is 0.295 e. The number of ketones is 1. The summed E-state index contributed by atoms with van der Waals surface area (Å²) in [5, 5.41) is 0. The van der Waals surface area contributed by atoms with Crippen LogP contribution in [0.2, 0.25) is 0 Å². The molecule has 0 heterocycles. The van der Waals surface area contributed by atoms with Gasteiger partial charge in [-0.3, -0.25) is 4.79 Å². The molecule has 0 N–H and O–H groups in total. The Morgan fingerprint density at radius 3 is 2.14 bits per heavy atom. The van der Waals surface area contributed by atoms with Crippen molar-refractivity contribution in [2.75, 3.05) is 0 Å². The Morgan fingerprint density at radius 2 is 2.14 bits per heavy atom. The van der Waals surface area contributed by atoms with Crippen LogP contribution in [0.1, 0.15) is 13.3 Å². The van der Waals surface area contributed by atoms with E-state index in [2.05, 4.69) is 13.5 Å². The van der Waals surface area contributed by atoms with E-state index in [0.717, 1.165) is 0 Å². The van der Waals surface area contributed by atoms with Crippen LogP contribution in [0.3, 0.4) is 0 Å². The van der Waals surface area contributed by atoms with Crippen molar-refractivity contribution in [3.05, 3.63) is 19.1 Å². The van der Waals surface area contributed by atoms with Gasteiger partial charge >= 0.3 is 0 Å². The molecule has 0 atom stereocenters.